The smallest absolute Gasteiger partial charge is 0.142 e. The van der Waals surface area contributed by atoms with Crippen LogP contribution in [0.4, 0.5) is 0 Å². The lowest BCUT2D eigenvalue weighted by Crippen LogP contribution is -2.29. The van der Waals surface area contributed by atoms with Crippen molar-refractivity contribution in [1.29, 1.82) is 0 Å². The third kappa shape index (κ3) is 4.10. The maximum Gasteiger partial charge on any atom is 0.142 e. The lowest BCUT2D eigenvalue weighted by molar-refractivity contribution is -0.123. The summed E-state index contributed by atoms with van der Waals surface area (Å²) < 4.78 is 0. The summed E-state index contributed by atoms with van der Waals surface area (Å²) in [7, 11) is 0. The van der Waals surface area contributed by atoms with Gasteiger partial charge in [0, 0.05) is 11.8 Å². The predicted octanol–water partition coefficient (Wildman–Crippen LogP) is 5.94. The van der Waals surface area contributed by atoms with Crippen LogP contribution >= 0.6 is 0 Å². The minimum absolute atomic E-state index is 0.332. The van der Waals surface area contributed by atoms with Crippen LogP contribution in [-0.4, -0.2) is 5.78 Å². The Morgan fingerprint density at radius 2 is 1.70 bits per heavy atom. The number of carbonyl (C=O) groups excluding carboxylic acids is 1. The Morgan fingerprint density at radius 1 is 1.04 bits per heavy atom. The molecule has 2 aromatic rings. The van der Waals surface area contributed by atoms with E-state index in [9.17, 15) is 4.79 Å². The van der Waals surface area contributed by atoms with Crippen molar-refractivity contribution in [3.63, 3.8) is 0 Å². The van der Waals surface area contributed by atoms with Crippen molar-refractivity contribution >= 4 is 5.78 Å². The Bertz CT molecular complexity index is 666. The third-order valence-corrected chi connectivity index (χ3v) is 4.68. The molecule has 0 heterocycles. The molecule has 0 saturated carbocycles. The van der Waals surface area contributed by atoms with Crippen molar-refractivity contribution in [3.05, 3.63) is 59.7 Å². The first kappa shape index (κ1) is 17.5. The molecule has 2 aromatic carbocycles. The van der Waals surface area contributed by atoms with Gasteiger partial charge in [0.15, 0.2) is 0 Å². The number of Topliss-reactive ketones (excluding diaryl/α,β-unsaturated/α-hetero) is 1. The van der Waals surface area contributed by atoms with Gasteiger partial charge in [-0.25, -0.2) is 0 Å². The number of benzene rings is 2. The van der Waals surface area contributed by atoms with Crippen LogP contribution in [0, 0.1) is 12.8 Å². The molecule has 0 unspecified atom stereocenters. The average Bonchev–Trinajstić information content (AvgIpc) is 2.53. The van der Waals surface area contributed by atoms with E-state index in [0.29, 0.717) is 18.1 Å². The quantitative estimate of drug-likeness (QED) is 0.645. The van der Waals surface area contributed by atoms with Gasteiger partial charge >= 0.3 is 0 Å². The fourth-order valence-electron chi connectivity index (χ4n) is 2.89. The van der Waals surface area contributed by atoms with Crippen LogP contribution in [-0.2, 0) is 10.2 Å². The number of ketones is 1. The Hall–Kier alpha value is -1.89. The second kappa shape index (κ2) is 7.12. The maximum atomic E-state index is 12.6. The minimum atomic E-state index is -0.422. The van der Waals surface area contributed by atoms with Crippen molar-refractivity contribution in [2.75, 3.05) is 0 Å². The second-order valence-corrected chi connectivity index (χ2v) is 7.38. The Balaban J connectivity index is 2.27. The summed E-state index contributed by atoms with van der Waals surface area (Å²) in [5.41, 5.74) is 4.37. The summed E-state index contributed by atoms with van der Waals surface area (Å²) >= 11 is 0. The standard InChI is InChI=1S/C22H28O/c1-16(2)11-14-21(23)22(4,5)19-12-13-20(17(3)15-19)18-9-7-6-8-10-18/h6-10,12-13,15-16H,11,14H2,1-5H3. The number of rotatable bonds is 6. The Kier molecular flexibility index (Phi) is 5.41. The predicted molar refractivity (Wildman–Crippen MR) is 98.7 cm³/mol. The van der Waals surface area contributed by atoms with Crippen LogP contribution in [0.1, 0.15) is 51.7 Å². The first-order valence-corrected chi connectivity index (χ1v) is 8.52. The number of aryl methyl sites for hydroxylation is 1. The van der Waals surface area contributed by atoms with E-state index in [1.165, 1.54) is 16.7 Å². The van der Waals surface area contributed by atoms with Gasteiger partial charge in [0.05, 0.1) is 0 Å². The van der Waals surface area contributed by atoms with Gasteiger partial charge in [-0.3, -0.25) is 4.79 Å². The molecule has 0 fully saturated rings. The van der Waals surface area contributed by atoms with Gasteiger partial charge in [0.1, 0.15) is 5.78 Å². The van der Waals surface area contributed by atoms with Gasteiger partial charge in [0.25, 0.3) is 0 Å². The van der Waals surface area contributed by atoms with Crippen LogP contribution < -0.4 is 0 Å². The molecular weight excluding hydrogens is 280 g/mol. The summed E-state index contributed by atoms with van der Waals surface area (Å²) in [6, 6.07) is 16.8. The highest BCUT2D eigenvalue weighted by Gasteiger charge is 2.29. The van der Waals surface area contributed by atoms with E-state index in [4.69, 9.17) is 0 Å². The third-order valence-electron chi connectivity index (χ3n) is 4.68. The van der Waals surface area contributed by atoms with Crippen LogP contribution in [0.2, 0.25) is 0 Å². The van der Waals surface area contributed by atoms with E-state index in [1.54, 1.807) is 0 Å². The molecular formula is C22H28O. The number of carbonyl (C=O) groups is 1. The van der Waals surface area contributed by atoms with Gasteiger partial charge in [-0.2, -0.15) is 0 Å². The summed E-state index contributed by atoms with van der Waals surface area (Å²) in [6.45, 7) is 10.6. The molecule has 0 saturated heterocycles. The molecule has 0 aromatic heterocycles. The van der Waals surface area contributed by atoms with Crippen molar-refractivity contribution in [3.8, 4) is 11.1 Å². The number of hydrogen-bond acceptors (Lipinski definition) is 1. The van der Waals surface area contributed by atoms with Crippen molar-refractivity contribution in [1.82, 2.24) is 0 Å². The average molecular weight is 308 g/mol. The van der Waals surface area contributed by atoms with E-state index in [2.05, 4.69) is 63.2 Å². The molecule has 2 rings (SSSR count). The summed E-state index contributed by atoms with van der Waals surface area (Å²) in [6.07, 6.45) is 1.62. The van der Waals surface area contributed by atoms with Crippen LogP contribution in [0.15, 0.2) is 48.5 Å². The monoisotopic (exact) mass is 308 g/mol. The molecule has 0 atom stereocenters. The molecule has 0 amide bonds. The van der Waals surface area contributed by atoms with Gasteiger partial charge in [-0.1, -0.05) is 62.4 Å². The minimum Gasteiger partial charge on any atom is -0.299 e. The largest absolute Gasteiger partial charge is 0.299 e. The molecule has 23 heavy (non-hydrogen) atoms. The Morgan fingerprint density at radius 3 is 2.26 bits per heavy atom. The molecule has 0 radical (unpaired) electrons. The van der Waals surface area contributed by atoms with Gasteiger partial charge < -0.3 is 0 Å². The number of hydrogen-bond donors (Lipinski definition) is 0. The fraction of sp³-hybridized carbons (Fsp3) is 0.409. The molecule has 1 nitrogen and oxygen atoms in total. The summed E-state index contributed by atoms with van der Waals surface area (Å²) in [5.74, 6) is 0.898. The molecule has 1 heteroatoms. The van der Waals surface area contributed by atoms with E-state index < -0.39 is 5.41 Å². The van der Waals surface area contributed by atoms with E-state index in [-0.39, 0.29) is 0 Å². The summed E-state index contributed by atoms with van der Waals surface area (Å²) in [4.78, 5) is 12.6. The van der Waals surface area contributed by atoms with Gasteiger partial charge in [-0.05, 0) is 55.4 Å². The van der Waals surface area contributed by atoms with Crippen LogP contribution in [0.25, 0.3) is 11.1 Å². The lowest BCUT2D eigenvalue weighted by Gasteiger charge is -2.25. The van der Waals surface area contributed by atoms with Crippen molar-refractivity contribution < 1.29 is 4.79 Å². The normalized spacial score (nSPS) is 11.7. The zero-order chi connectivity index (χ0) is 17.0. The van der Waals surface area contributed by atoms with E-state index >= 15 is 0 Å². The van der Waals surface area contributed by atoms with Crippen molar-refractivity contribution in [2.45, 2.75) is 52.9 Å². The van der Waals surface area contributed by atoms with Crippen LogP contribution in [0.5, 0.6) is 0 Å². The first-order chi connectivity index (χ1) is 10.8. The topological polar surface area (TPSA) is 17.1 Å². The van der Waals surface area contributed by atoms with Crippen LogP contribution in [0.3, 0.4) is 0 Å². The zero-order valence-corrected chi connectivity index (χ0v) is 15.0. The highest BCUT2D eigenvalue weighted by molar-refractivity contribution is 5.89. The van der Waals surface area contributed by atoms with E-state index in [1.807, 2.05) is 19.9 Å². The Labute approximate surface area is 140 Å². The maximum absolute atomic E-state index is 12.6. The highest BCUT2D eigenvalue weighted by Crippen LogP contribution is 2.31. The molecule has 0 bridgehead atoms. The summed E-state index contributed by atoms with van der Waals surface area (Å²) in [5, 5.41) is 0. The fourth-order valence-corrected chi connectivity index (χ4v) is 2.89. The second-order valence-electron chi connectivity index (χ2n) is 7.38. The van der Waals surface area contributed by atoms with E-state index in [0.717, 1.165) is 12.0 Å². The molecule has 0 spiro atoms. The molecule has 0 aliphatic rings. The highest BCUT2D eigenvalue weighted by atomic mass is 16.1. The zero-order valence-electron chi connectivity index (χ0n) is 15.0. The molecule has 0 aliphatic heterocycles. The van der Waals surface area contributed by atoms with Crippen molar-refractivity contribution in [2.24, 2.45) is 5.92 Å². The molecule has 122 valence electrons. The van der Waals surface area contributed by atoms with Gasteiger partial charge in [0.2, 0.25) is 0 Å². The van der Waals surface area contributed by atoms with Gasteiger partial charge in [-0.15, -0.1) is 0 Å². The molecule has 0 N–H and O–H groups in total. The SMILES string of the molecule is Cc1cc(C(C)(C)C(=O)CCC(C)C)ccc1-c1ccccc1. The molecule has 0 aliphatic carbocycles. The lowest BCUT2D eigenvalue weighted by atomic mass is 9.77. The first-order valence-electron chi connectivity index (χ1n) is 8.52.